The molecule has 49 heavy (non-hydrogen) atoms. The van der Waals surface area contributed by atoms with Gasteiger partial charge in [-0.3, -0.25) is 19.2 Å². The molecule has 0 radical (unpaired) electrons. The van der Waals surface area contributed by atoms with E-state index in [1.165, 1.54) is 0 Å². The van der Waals surface area contributed by atoms with Gasteiger partial charge in [0.05, 0.1) is 17.9 Å². The lowest BCUT2D eigenvalue weighted by atomic mass is 9.77. The van der Waals surface area contributed by atoms with Crippen LogP contribution in [0, 0.1) is 11.8 Å². The highest BCUT2D eigenvalue weighted by molar-refractivity contribution is 6.12. The smallest absolute Gasteiger partial charge is 0.323 e. The number of primary amides is 1. The highest BCUT2D eigenvalue weighted by Crippen LogP contribution is 2.33. The number of nitrogens with two attached hydrogens (primary N) is 2. The monoisotopic (exact) mass is 656 g/mol. The van der Waals surface area contributed by atoms with Crippen LogP contribution in [0.4, 0.5) is 0 Å². The first-order valence-electron chi connectivity index (χ1n) is 16.3. The molecule has 0 heterocycles. The number of amides is 1. The molecule has 0 fully saturated rings. The molecule has 0 saturated carbocycles. The Bertz CT molecular complexity index is 1910. The number of fused-ring (bicyclic) bond motifs is 1. The Morgan fingerprint density at radius 1 is 0.694 bits per heavy atom. The average Bonchev–Trinajstić information content (AvgIpc) is 3.13. The number of hydrogen-bond donors (Lipinski definition) is 3. The van der Waals surface area contributed by atoms with Gasteiger partial charge in [-0.25, -0.2) is 0 Å². The fraction of sp³-hybridized carbons (Fsp3) is 0.220. The molecule has 250 valence electrons. The lowest BCUT2D eigenvalue weighted by Crippen LogP contribution is -2.38. The minimum atomic E-state index is -1.43. The fourth-order valence-electron chi connectivity index (χ4n) is 6.09. The number of hydrogen-bond acceptors (Lipinski definition) is 7. The number of rotatable bonds is 16. The summed E-state index contributed by atoms with van der Waals surface area (Å²) >= 11 is 0. The van der Waals surface area contributed by atoms with Crippen LogP contribution in [-0.4, -0.2) is 34.6 Å². The van der Waals surface area contributed by atoms with Gasteiger partial charge in [-0.05, 0) is 58.4 Å². The maximum atomic E-state index is 14.5. The third kappa shape index (κ3) is 9.13. The van der Waals surface area contributed by atoms with E-state index < -0.39 is 53.8 Å². The van der Waals surface area contributed by atoms with Crippen molar-refractivity contribution in [3.8, 4) is 0 Å². The van der Waals surface area contributed by atoms with Gasteiger partial charge in [-0.2, -0.15) is 0 Å². The normalized spacial score (nSPS) is 13.6. The Morgan fingerprint density at radius 2 is 1.31 bits per heavy atom. The topological polar surface area (TPSA) is 150 Å². The van der Waals surface area contributed by atoms with Gasteiger partial charge in [0.1, 0.15) is 18.4 Å². The molecule has 1 amide bonds. The van der Waals surface area contributed by atoms with Crippen molar-refractivity contribution in [1.82, 2.24) is 0 Å². The summed E-state index contributed by atoms with van der Waals surface area (Å²) in [5, 5.41) is 13.4. The molecule has 0 bridgehead atoms. The van der Waals surface area contributed by atoms with Crippen LogP contribution in [0.25, 0.3) is 10.8 Å². The third-order valence-electron chi connectivity index (χ3n) is 8.76. The van der Waals surface area contributed by atoms with Crippen LogP contribution in [-0.2, 0) is 32.1 Å². The van der Waals surface area contributed by atoms with Crippen molar-refractivity contribution >= 4 is 34.2 Å². The van der Waals surface area contributed by atoms with E-state index in [2.05, 4.69) is 0 Å². The predicted octanol–water partition coefficient (Wildman–Crippen LogP) is 5.87. The SMILES string of the molecule is NC(=O)C[C@H](C(=O)[C@H](CCC(N)C(=O)OCc1ccccc1)C(=O)c1ccccc1Cc1ccccc1)C(O)c1ccc2ccccc2c1. The van der Waals surface area contributed by atoms with Crippen molar-refractivity contribution in [2.24, 2.45) is 23.3 Å². The zero-order valence-corrected chi connectivity index (χ0v) is 27.1. The summed E-state index contributed by atoms with van der Waals surface area (Å²) in [6, 6.07) is 37.5. The molecule has 0 saturated heterocycles. The van der Waals surface area contributed by atoms with E-state index in [0.717, 1.165) is 21.9 Å². The second-order valence-electron chi connectivity index (χ2n) is 12.2. The maximum Gasteiger partial charge on any atom is 0.323 e. The summed E-state index contributed by atoms with van der Waals surface area (Å²) in [6.45, 7) is 0.0279. The number of aliphatic hydroxyl groups excluding tert-OH is 1. The van der Waals surface area contributed by atoms with E-state index in [-0.39, 0.29) is 19.4 Å². The van der Waals surface area contributed by atoms with Crippen LogP contribution >= 0.6 is 0 Å². The molecule has 4 atom stereocenters. The Labute approximate surface area is 285 Å². The Balaban J connectivity index is 1.44. The van der Waals surface area contributed by atoms with Gasteiger partial charge in [0.15, 0.2) is 5.78 Å². The number of aliphatic hydroxyl groups is 1. The Morgan fingerprint density at radius 3 is 2.00 bits per heavy atom. The van der Waals surface area contributed by atoms with Gasteiger partial charge in [0, 0.05) is 12.0 Å². The minimum Gasteiger partial charge on any atom is -0.460 e. The summed E-state index contributed by atoms with van der Waals surface area (Å²) in [5.41, 5.74) is 15.1. The number of ether oxygens (including phenoxy) is 1. The fourth-order valence-corrected chi connectivity index (χ4v) is 6.09. The van der Waals surface area contributed by atoms with Gasteiger partial charge < -0.3 is 21.3 Å². The van der Waals surface area contributed by atoms with Gasteiger partial charge in [0.25, 0.3) is 0 Å². The van der Waals surface area contributed by atoms with Crippen molar-refractivity contribution in [2.45, 2.75) is 44.4 Å². The molecular weight excluding hydrogens is 616 g/mol. The van der Waals surface area contributed by atoms with E-state index in [9.17, 15) is 24.3 Å². The second kappa shape index (κ2) is 16.6. The van der Waals surface area contributed by atoms with E-state index >= 15 is 0 Å². The predicted molar refractivity (Wildman–Crippen MR) is 188 cm³/mol. The number of benzene rings is 5. The molecule has 5 rings (SSSR count). The molecule has 0 aliphatic heterocycles. The minimum absolute atomic E-state index is 0.0279. The summed E-state index contributed by atoms with van der Waals surface area (Å²) in [5.74, 6) is -5.25. The number of Topliss-reactive ketones (excluding diaryl/α,β-unsaturated/α-hetero) is 2. The second-order valence-corrected chi connectivity index (χ2v) is 12.2. The number of carbonyl (C=O) groups excluding carboxylic acids is 4. The summed E-state index contributed by atoms with van der Waals surface area (Å²) in [6.07, 6.45) is -1.62. The van der Waals surface area contributed by atoms with Crippen LogP contribution in [0.3, 0.4) is 0 Å². The van der Waals surface area contributed by atoms with Crippen LogP contribution in [0.5, 0.6) is 0 Å². The molecule has 5 N–H and O–H groups in total. The average molecular weight is 657 g/mol. The first kappa shape index (κ1) is 34.9. The molecule has 0 aliphatic rings. The summed E-state index contributed by atoms with van der Waals surface area (Å²) in [4.78, 5) is 54.1. The molecule has 8 nitrogen and oxygen atoms in total. The van der Waals surface area contributed by atoms with Gasteiger partial charge in [-0.15, -0.1) is 0 Å². The van der Waals surface area contributed by atoms with Crippen LogP contribution in [0.2, 0.25) is 0 Å². The standard InChI is InChI=1S/C41H40N2O6/c42-36(41(48)49-26-28-13-5-2-6-14-28)22-21-34(39(46)33-18-10-9-17-31(33)23-27-11-3-1-4-12-27)40(47)35(25-37(43)44)38(45)32-20-19-29-15-7-8-16-30(29)24-32/h1-20,24,34-36,38,45H,21-23,25-26,42H2,(H2,43,44)/t34-,35+,36?,38?/m1/s1. The first-order chi connectivity index (χ1) is 23.7. The van der Waals surface area contributed by atoms with Crippen molar-refractivity contribution in [2.75, 3.05) is 0 Å². The van der Waals surface area contributed by atoms with Crippen LogP contribution in [0.15, 0.2) is 127 Å². The zero-order valence-electron chi connectivity index (χ0n) is 27.1. The molecule has 0 spiro atoms. The van der Waals surface area contributed by atoms with Gasteiger partial charge >= 0.3 is 5.97 Å². The molecule has 5 aromatic carbocycles. The molecule has 0 aliphatic carbocycles. The van der Waals surface area contributed by atoms with E-state index in [0.29, 0.717) is 23.1 Å². The van der Waals surface area contributed by atoms with E-state index in [1.54, 1.807) is 24.3 Å². The highest BCUT2D eigenvalue weighted by atomic mass is 16.5. The van der Waals surface area contributed by atoms with Crippen molar-refractivity contribution < 1.29 is 29.0 Å². The van der Waals surface area contributed by atoms with Gasteiger partial charge in [0.2, 0.25) is 5.91 Å². The Hall–Kier alpha value is -5.44. The lowest BCUT2D eigenvalue weighted by Gasteiger charge is -2.26. The first-order valence-corrected chi connectivity index (χ1v) is 16.3. The van der Waals surface area contributed by atoms with E-state index in [1.807, 2.05) is 103 Å². The van der Waals surface area contributed by atoms with Crippen LogP contribution in [0.1, 0.15) is 58.0 Å². The van der Waals surface area contributed by atoms with Crippen molar-refractivity contribution in [1.29, 1.82) is 0 Å². The zero-order chi connectivity index (χ0) is 34.8. The molecule has 8 heteroatoms. The number of ketones is 2. The maximum absolute atomic E-state index is 14.5. The van der Waals surface area contributed by atoms with Crippen LogP contribution < -0.4 is 11.5 Å². The van der Waals surface area contributed by atoms with Gasteiger partial charge in [-0.1, -0.05) is 121 Å². The Kier molecular flexibility index (Phi) is 11.8. The summed E-state index contributed by atoms with van der Waals surface area (Å²) < 4.78 is 5.41. The molecule has 5 aromatic rings. The van der Waals surface area contributed by atoms with E-state index in [4.69, 9.17) is 16.2 Å². The number of esters is 1. The molecular formula is C41H40N2O6. The van der Waals surface area contributed by atoms with Crippen molar-refractivity contribution in [3.63, 3.8) is 0 Å². The molecule has 0 aromatic heterocycles. The largest absolute Gasteiger partial charge is 0.460 e. The highest BCUT2D eigenvalue weighted by Gasteiger charge is 2.39. The molecule has 2 unspecified atom stereocenters. The lowest BCUT2D eigenvalue weighted by molar-refractivity contribution is -0.147. The quantitative estimate of drug-likeness (QED) is 0.0683. The third-order valence-corrected chi connectivity index (χ3v) is 8.76. The number of carbonyl (C=O) groups is 4. The van der Waals surface area contributed by atoms with Crippen molar-refractivity contribution in [3.05, 3.63) is 155 Å². The summed E-state index contributed by atoms with van der Waals surface area (Å²) in [7, 11) is 0.